The van der Waals surface area contributed by atoms with Crippen LogP contribution in [0.25, 0.3) is 0 Å². The second-order valence-corrected chi connectivity index (χ2v) is 6.07. The van der Waals surface area contributed by atoms with Crippen LogP contribution in [0.3, 0.4) is 0 Å². The Morgan fingerprint density at radius 1 is 1.30 bits per heavy atom. The van der Waals surface area contributed by atoms with Crippen LogP contribution >= 0.6 is 11.8 Å². The summed E-state index contributed by atoms with van der Waals surface area (Å²) in [6, 6.07) is 8.85. The van der Waals surface area contributed by atoms with Crippen molar-refractivity contribution >= 4 is 11.8 Å². The van der Waals surface area contributed by atoms with Crippen molar-refractivity contribution in [3.63, 3.8) is 0 Å². The number of thioether (sulfide) groups is 1. The summed E-state index contributed by atoms with van der Waals surface area (Å²) in [7, 11) is 1.96. The highest BCUT2D eigenvalue weighted by Crippen LogP contribution is 2.21. The Labute approximate surface area is 127 Å². The van der Waals surface area contributed by atoms with Gasteiger partial charge >= 0.3 is 0 Å². The molecule has 2 N–H and O–H groups in total. The minimum absolute atomic E-state index is 0.367. The molecule has 0 saturated heterocycles. The van der Waals surface area contributed by atoms with Crippen molar-refractivity contribution in [3.05, 3.63) is 29.8 Å². The molecule has 0 spiro atoms. The van der Waals surface area contributed by atoms with E-state index >= 15 is 0 Å². The maximum atomic E-state index is 9.83. The number of benzene rings is 1. The van der Waals surface area contributed by atoms with Gasteiger partial charge in [-0.3, -0.25) is 0 Å². The van der Waals surface area contributed by atoms with E-state index in [0.717, 1.165) is 19.4 Å². The average molecular weight is 297 g/mol. The van der Waals surface area contributed by atoms with Gasteiger partial charge in [0, 0.05) is 23.3 Å². The number of hydrogen-bond acceptors (Lipinski definition) is 4. The van der Waals surface area contributed by atoms with Crippen molar-refractivity contribution in [3.8, 4) is 0 Å². The van der Waals surface area contributed by atoms with Crippen molar-refractivity contribution in [2.45, 2.75) is 43.7 Å². The summed E-state index contributed by atoms with van der Waals surface area (Å²) in [6.07, 6.45) is 1.79. The van der Waals surface area contributed by atoms with Gasteiger partial charge in [-0.2, -0.15) is 0 Å². The fourth-order valence-electron chi connectivity index (χ4n) is 1.73. The number of hydrogen-bond donors (Lipinski definition) is 2. The van der Waals surface area contributed by atoms with Gasteiger partial charge < -0.3 is 15.2 Å². The molecule has 0 saturated carbocycles. The molecule has 0 fully saturated rings. The molecular formula is C16H27NO2S. The molecule has 4 heteroatoms. The minimum Gasteiger partial charge on any atom is -0.390 e. The summed E-state index contributed by atoms with van der Waals surface area (Å²) in [5.41, 5.74) is 1.28. The van der Waals surface area contributed by atoms with Gasteiger partial charge in [0.05, 0.1) is 12.7 Å². The van der Waals surface area contributed by atoms with Crippen LogP contribution in [0.15, 0.2) is 29.2 Å². The third-order valence-corrected chi connectivity index (χ3v) is 4.36. The highest BCUT2D eigenvalue weighted by Gasteiger charge is 2.06. The molecule has 0 radical (unpaired) electrons. The van der Waals surface area contributed by atoms with Crippen molar-refractivity contribution in [2.75, 3.05) is 26.0 Å². The summed E-state index contributed by atoms with van der Waals surface area (Å²) in [5.74, 6) is 0.674. The lowest BCUT2D eigenvalue weighted by Gasteiger charge is -2.13. The zero-order valence-electron chi connectivity index (χ0n) is 12.8. The van der Waals surface area contributed by atoms with Gasteiger partial charge in [0.1, 0.15) is 0 Å². The topological polar surface area (TPSA) is 41.5 Å². The predicted molar refractivity (Wildman–Crippen MR) is 86.4 cm³/mol. The summed E-state index contributed by atoms with van der Waals surface area (Å²) >= 11 is 1.67. The molecule has 0 aromatic heterocycles. The number of ether oxygens (including phenoxy) is 1. The largest absolute Gasteiger partial charge is 0.390 e. The molecule has 3 nitrogen and oxygen atoms in total. The molecule has 0 aliphatic carbocycles. The van der Waals surface area contributed by atoms with E-state index in [-0.39, 0.29) is 0 Å². The molecule has 1 aromatic carbocycles. The van der Waals surface area contributed by atoms with Crippen LogP contribution in [-0.4, -0.2) is 37.2 Å². The first kappa shape index (κ1) is 17.5. The molecule has 2 atom stereocenters. The van der Waals surface area contributed by atoms with E-state index in [0.29, 0.717) is 18.4 Å². The Balaban J connectivity index is 2.27. The van der Waals surface area contributed by atoms with Crippen molar-refractivity contribution < 1.29 is 9.84 Å². The standard InChI is InChI=1S/C16H27NO2S/c1-4-5-10-19-11-15(18)12-20-16-8-6-14(7-9-16)13(2)17-3/h6-9,13,15,17-18H,4-5,10-12H2,1-3H3. The second kappa shape index (κ2) is 10.2. The molecular weight excluding hydrogens is 270 g/mol. The highest BCUT2D eigenvalue weighted by molar-refractivity contribution is 7.99. The molecule has 1 aromatic rings. The van der Waals surface area contributed by atoms with E-state index in [1.807, 2.05) is 7.05 Å². The van der Waals surface area contributed by atoms with Gasteiger partial charge in [0.25, 0.3) is 0 Å². The molecule has 2 unspecified atom stereocenters. The highest BCUT2D eigenvalue weighted by atomic mass is 32.2. The number of unbranched alkanes of at least 4 members (excludes halogenated alkanes) is 1. The Hall–Kier alpha value is -0.550. The predicted octanol–water partition coefficient (Wildman–Crippen LogP) is 3.24. The van der Waals surface area contributed by atoms with Gasteiger partial charge in [0.15, 0.2) is 0 Å². The zero-order valence-corrected chi connectivity index (χ0v) is 13.6. The van der Waals surface area contributed by atoms with Gasteiger partial charge in [-0.15, -0.1) is 11.8 Å². The number of nitrogens with one attached hydrogen (secondary N) is 1. The van der Waals surface area contributed by atoms with E-state index in [9.17, 15) is 5.11 Å². The first-order chi connectivity index (χ1) is 9.67. The first-order valence-electron chi connectivity index (χ1n) is 7.33. The zero-order chi connectivity index (χ0) is 14.8. The van der Waals surface area contributed by atoms with Crippen LogP contribution in [-0.2, 0) is 4.74 Å². The van der Waals surface area contributed by atoms with Crippen molar-refractivity contribution in [2.24, 2.45) is 0 Å². The summed E-state index contributed by atoms with van der Waals surface area (Å²) in [5, 5.41) is 13.1. The fraction of sp³-hybridized carbons (Fsp3) is 0.625. The normalized spacial score (nSPS) is 14.2. The maximum Gasteiger partial charge on any atom is 0.0867 e. The molecule has 0 heterocycles. The van der Waals surface area contributed by atoms with Gasteiger partial charge in [-0.05, 0) is 38.1 Å². The lowest BCUT2D eigenvalue weighted by atomic mass is 10.1. The van der Waals surface area contributed by atoms with Gasteiger partial charge in [-0.1, -0.05) is 25.5 Å². The van der Waals surface area contributed by atoms with Crippen molar-refractivity contribution in [1.82, 2.24) is 5.32 Å². The molecule has 0 bridgehead atoms. The second-order valence-electron chi connectivity index (χ2n) is 4.97. The Morgan fingerprint density at radius 2 is 2.00 bits per heavy atom. The fourth-order valence-corrected chi connectivity index (χ4v) is 2.54. The van der Waals surface area contributed by atoms with Crippen LogP contribution in [0.4, 0.5) is 0 Å². The van der Waals surface area contributed by atoms with Gasteiger partial charge in [-0.25, -0.2) is 0 Å². The Kier molecular flexibility index (Phi) is 8.94. The van der Waals surface area contributed by atoms with Crippen LogP contribution in [0.5, 0.6) is 0 Å². The smallest absolute Gasteiger partial charge is 0.0867 e. The van der Waals surface area contributed by atoms with E-state index in [1.165, 1.54) is 10.5 Å². The average Bonchev–Trinajstić information content (AvgIpc) is 2.49. The SMILES string of the molecule is CCCCOCC(O)CSc1ccc(C(C)NC)cc1. The van der Waals surface area contributed by atoms with Gasteiger partial charge in [0.2, 0.25) is 0 Å². The summed E-state index contributed by atoms with van der Waals surface area (Å²) in [4.78, 5) is 1.18. The molecule has 1 rings (SSSR count). The number of rotatable bonds is 10. The molecule has 0 aliphatic rings. The Bertz CT molecular complexity index is 356. The number of aliphatic hydroxyl groups excluding tert-OH is 1. The third kappa shape index (κ3) is 6.75. The van der Waals surface area contributed by atoms with Crippen LogP contribution < -0.4 is 5.32 Å². The van der Waals surface area contributed by atoms with E-state index in [4.69, 9.17) is 4.74 Å². The Morgan fingerprint density at radius 3 is 2.60 bits per heavy atom. The quantitative estimate of drug-likeness (QED) is 0.514. The van der Waals surface area contributed by atoms with E-state index < -0.39 is 6.10 Å². The molecule has 20 heavy (non-hydrogen) atoms. The monoisotopic (exact) mass is 297 g/mol. The lowest BCUT2D eigenvalue weighted by Crippen LogP contribution is -2.18. The lowest BCUT2D eigenvalue weighted by molar-refractivity contribution is 0.0473. The van der Waals surface area contributed by atoms with Crippen molar-refractivity contribution in [1.29, 1.82) is 0 Å². The van der Waals surface area contributed by atoms with E-state index in [1.54, 1.807) is 11.8 Å². The van der Waals surface area contributed by atoms with Crippen LogP contribution in [0.1, 0.15) is 38.3 Å². The maximum absolute atomic E-state index is 9.83. The third-order valence-electron chi connectivity index (χ3n) is 3.21. The summed E-state index contributed by atoms with van der Waals surface area (Å²) in [6.45, 7) is 5.45. The summed E-state index contributed by atoms with van der Waals surface area (Å²) < 4.78 is 5.42. The molecule has 0 aliphatic heterocycles. The molecule has 0 amide bonds. The molecule has 114 valence electrons. The minimum atomic E-state index is -0.396. The van der Waals surface area contributed by atoms with Crippen LogP contribution in [0, 0.1) is 0 Å². The number of aliphatic hydroxyl groups is 1. The van der Waals surface area contributed by atoms with E-state index in [2.05, 4.69) is 43.4 Å². The van der Waals surface area contributed by atoms with Crippen LogP contribution in [0.2, 0.25) is 0 Å². The first-order valence-corrected chi connectivity index (χ1v) is 8.31.